The highest BCUT2D eigenvalue weighted by Gasteiger charge is 2.27. The molecule has 1 rings (SSSR count). The van der Waals surface area contributed by atoms with Gasteiger partial charge in [-0.05, 0) is 38.3 Å². The highest BCUT2D eigenvalue weighted by Crippen LogP contribution is 2.17. The van der Waals surface area contributed by atoms with Crippen LogP contribution in [0.4, 0.5) is 0 Å². The first-order valence-electron chi connectivity index (χ1n) is 22.6. The second kappa shape index (κ2) is 35.0. The zero-order valence-corrected chi connectivity index (χ0v) is 36.8. The molecule has 1 unspecified atom stereocenters. The van der Waals surface area contributed by atoms with Gasteiger partial charge in [-0.25, -0.2) is 8.42 Å². The van der Waals surface area contributed by atoms with E-state index in [-0.39, 0.29) is 17.0 Å². The van der Waals surface area contributed by atoms with Crippen LogP contribution in [0.25, 0.3) is 0 Å². The maximum Gasteiger partial charge on any atom is 0.224 e. The van der Waals surface area contributed by atoms with Crippen molar-refractivity contribution in [3.8, 4) is 0 Å². The lowest BCUT2D eigenvalue weighted by Gasteiger charge is -2.38. The van der Waals surface area contributed by atoms with Crippen LogP contribution in [0.3, 0.4) is 0 Å². The number of aryl methyl sites for hydroxylation is 1. The van der Waals surface area contributed by atoms with Crippen LogP contribution >= 0.6 is 0 Å². The molecule has 53 heavy (non-hydrogen) atoms. The van der Waals surface area contributed by atoms with E-state index in [1.54, 1.807) is 12.1 Å². The molecular formula is C46H88N2O4S. The van der Waals surface area contributed by atoms with Gasteiger partial charge in [0.1, 0.15) is 10.1 Å². The Bertz CT molecular complexity index is 1060. The Hall–Kier alpha value is -1.44. The van der Waals surface area contributed by atoms with E-state index in [1.807, 2.05) is 6.92 Å². The summed E-state index contributed by atoms with van der Waals surface area (Å²) in [6.45, 7) is 9.80. The molecule has 0 saturated carbocycles. The zero-order chi connectivity index (χ0) is 39.5. The maximum absolute atomic E-state index is 12.7. The average Bonchev–Trinajstić information content (AvgIpc) is 3.12. The van der Waals surface area contributed by atoms with E-state index >= 15 is 0 Å². The summed E-state index contributed by atoms with van der Waals surface area (Å²) in [6, 6.07) is 5.78. The van der Waals surface area contributed by atoms with E-state index in [2.05, 4.69) is 40.2 Å². The van der Waals surface area contributed by atoms with Crippen molar-refractivity contribution in [3.05, 3.63) is 29.8 Å². The molecule has 312 valence electrons. The number of nitrogens with one attached hydrogen (secondary N) is 1. The standard InChI is InChI=1S/C39H80N2O.C7H8O3S/c1-6-9-11-13-15-17-19-21-23-24-26-28-30-32-34-36-39(42)40-38(8-3)41(4,5)37-35-33-31-29-27-25-22-20-18-16-14-12-10-7-2;1-6-2-4-7(5-3-6)11(8,9)10/h38H,6-37H2,1-5H3;2-5H,1H3,(H,8,9,10). The van der Waals surface area contributed by atoms with Crippen LogP contribution in [0.5, 0.6) is 0 Å². The quantitative estimate of drug-likeness (QED) is 0.0323. The van der Waals surface area contributed by atoms with Gasteiger partial charge in [0.15, 0.2) is 6.17 Å². The minimum absolute atomic E-state index is 0.178. The van der Waals surface area contributed by atoms with Crippen molar-refractivity contribution in [1.82, 2.24) is 5.32 Å². The predicted octanol–water partition coefficient (Wildman–Crippen LogP) is 13.6. The Kier molecular flexibility index (Phi) is 34.1. The van der Waals surface area contributed by atoms with Gasteiger partial charge in [-0.1, -0.05) is 205 Å². The van der Waals surface area contributed by atoms with E-state index in [1.165, 1.54) is 192 Å². The van der Waals surface area contributed by atoms with Gasteiger partial charge in [-0.2, -0.15) is 0 Å². The molecule has 1 aromatic rings. The topological polar surface area (TPSA) is 86.3 Å². The smallest absolute Gasteiger partial charge is 0.224 e. The third-order valence-corrected chi connectivity index (χ3v) is 11.8. The molecule has 0 fully saturated rings. The summed E-state index contributed by atoms with van der Waals surface area (Å²) >= 11 is 0. The summed E-state index contributed by atoms with van der Waals surface area (Å²) in [5.74, 6) is 0.267. The normalized spacial score (nSPS) is 12.4. The SMILES string of the molecule is CCCCCCCCCCCCCCCCCC(=O)NC(CC)[N+](C)(C)CCCCCCCCCCCCCCCC.Cc1ccc(S(=O)(=O)[O-])cc1. The van der Waals surface area contributed by atoms with Crippen molar-refractivity contribution in [3.63, 3.8) is 0 Å². The molecule has 0 aromatic heterocycles. The summed E-state index contributed by atoms with van der Waals surface area (Å²) in [5.41, 5.74) is 0.928. The molecule has 6 nitrogen and oxygen atoms in total. The number of amides is 1. The van der Waals surface area contributed by atoms with Gasteiger partial charge in [0, 0.05) is 12.8 Å². The van der Waals surface area contributed by atoms with E-state index in [9.17, 15) is 17.8 Å². The van der Waals surface area contributed by atoms with Gasteiger partial charge in [0.05, 0.1) is 25.5 Å². The molecule has 1 atom stereocenters. The second-order valence-electron chi connectivity index (χ2n) is 16.6. The van der Waals surface area contributed by atoms with Gasteiger partial charge in [0.2, 0.25) is 5.91 Å². The molecule has 0 saturated heterocycles. The Labute approximate surface area is 330 Å². The molecule has 0 spiro atoms. The predicted molar refractivity (Wildman–Crippen MR) is 228 cm³/mol. The van der Waals surface area contributed by atoms with E-state index < -0.39 is 10.1 Å². The maximum atomic E-state index is 12.7. The third-order valence-electron chi connectivity index (χ3n) is 11.0. The van der Waals surface area contributed by atoms with Gasteiger partial charge in [0.25, 0.3) is 0 Å². The number of carbonyl (C=O) groups excluding carboxylic acids is 1. The number of benzene rings is 1. The minimum Gasteiger partial charge on any atom is -0.744 e. The van der Waals surface area contributed by atoms with Gasteiger partial charge in [-0.3, -0.25) is 4.79 Å². The lowest BCUT2D eigenvalue weighted by Crippen LogP contribution is -2.57. The summed E-state index contributed by atoms with van der Waals surface area (Å²) in [5, 5.41) is 3.39. The fraction of sp³-hybridized carbons (Fsp3) is 0.848. The molecule has 0 radical (unpaired) electrons. The molecule has 0 aliphatic carbocycles. The Morgan fingerprint density at radius 1 is 0.566 bits per heavy atom. The number of carbonyl (C=O) groups is 1. The largest absolute Gasteiger partial charge is 0.744 e. The summed E-state index contributed by atoms with van der Waals surface area (Å²) in [7, 11) is 0.350. The van der Waals surface area contributed by atoms with Crippen LogP contribution in [0, 0.1) is 6.92 Å². The van der Waals surface area contributed by atoms with Gasteiger partial charge >= 0.3 is 0 Å². The zero-order valence-electron chi connectivity index (χ0n) is 36.0. The van der Waals surface area contributed by atoms with Crippen LogP contribution in [0.1, 0.15) is 225 Å². The monoisotopic (exact) mass is 765 g/mol. The van der Waals surface area contributed by atoms with Crippen molar-refractivity contribution in [2.75, 3.05) is 20.6 Å². The second-order valence-corrected chi connectivity index (χ2v) is 17.9. The van der Waals surface area contributed by atoms with E-state index in [4.69, 9.17) is 0 Å². The van der Waals surface area contributed by atoms with Crippen molar-refractivity contribution < 1.29 is 22.2 Å². The Morgan fingerprint density at radius 2 is 0.887 bits per heavy atom. The van der Waals surface area contributed by atoms with Crippen molar-refractivity contribution in [1.29, 1.82) is 0 Å². The average molecular weight is 765 g/mol. The van der Waals surface area contributed by atoms with E-state index in [0.717, 1.165) is 29.4 Å². The Morgan fingerprint density at radius 3 is 1.21 bits per heavy atom. The first-order chi connectivity index (χ1) is 25.5. The summed E-state index contributed by atoms with van der Waals surface area (Å²) in [6.07, 6.45) is 42.2. The van der Waals surface area contributed by atoms with Crippen LogP contribution in [0.2, 0.25) is 0 Å². The van der Waals surface area contributed by atoms with Crippen molar-refractivity contribution in [2.45, 2.75) is 238 Å². The fourth-order valence-electron chi connectivity index (χ4n) is 7.26. The van der Waals surface area contributed by atoms with Crippen LogP contribution in [-0.2, 0) is 14.9 Å². The number of hydrogen-bond donors (Lipinski definition) is 1. The number of rotatable bonds is 35. The Balaban J connectivity index is 0.00000207. The van der Waals surface area contributed by atoms with Crippen molar-refractivity contribution >= 4 is 16.0 Å². The van der Waals surface area contributed by atoms with Crippen LogP contribution in [0.15, 0.2) is 29.2 Å². The first kappa shape index (κ1) is 51.6. The highest BCUT2D eigenvalue weighted by molar-refractivity contribution is 7.85. The molecule has 0 heterocycles. The third kappa shape index (κ3) is 32.5. The molecule has 1 amide bonds. The van der Waals surface area contributed by atoms with Crippen LogP contribution in [-0.4, -0.2) is 50.2 Å². The molecule has 0 bridgehead atoms. The summed E-state index contributed by atoms with van der Waals surface area (Å²) in [4.78, 5) is 12.5. The van der Waals surface area contributed by atoms with Gasteiger partial charge < -0.3 is 14.4 Å². The number of quaternary nitrogens is 1. The molecule has 7 heteroatoms. The lowest BCUT2D eigenvalue weighted by atomic mass is 10.0. The van der Waals surface area contributed by atoms with Crippen LogP contribution < -0.4 is 5.32 Å². The molecule has 1 aromatic carbocycles. The number of unbranched alkanes of at least 4 members (excludes halogenated alkanes) is 27. The number of nitrogens with zero attached hydrogens (tertiary/aromatic N) is 1. The molecule has 1 N–H and O–H groups in total. The molecule has 0 aliphatic heterocycles. The number of hydrogen-bond acceptors (Lipinski definition) is 4. The first-order valence-corrected chi connectivity index (χ1v) is 24.0. The van der Waals surface area contributed by atoms with Crippen molar-refractivity contribution in [2.24, 2.45) is 0 Å². The fourth-order valence-corrected chi connectivity index (χ4v) is 7.73. The van der Waals surface area contributed by atoms with Gasteiger partial charge in [-0.15, -0.1) is 0 Å². The molecular weight excluding hydrogens is 677 g/mol. The summed E-state index contributed by atoms with van der Waals surface area (Å²) < 4.78 is 32.1. The minimum atomic E-state index is -4.27. The lowest BCUT2D eigenvalue weighted by molar-refractivity contribution is -0.917. The van der Waals surface area contributed by atoms with E-state index in [0.29, 0.717) is 6.42 Å². The molecule has 0 aliphatic rings. The highest BCUT2D eigenvalue weighted by atomic mass is 32.2.